The van der Waals surface area contributed by atoms with Crippen LogP contribution in [0.25, 0.3) is 0 Å². The molecule has 0 aliphatic rings. The van der Waals surface area contributed by atoms with Gasteiger partial charge in [0, 0.05) is 0 Å². The van der Waals surface area contributed by atoms with Gasteiger partial charge in [-0.05, 0) is 17.5 Å². The van der Waals surface area contributed by atoms with E-state index in [1.807, 2.05) is 6.07 Å². The van der Waals surface area contributed by atoms with Crippen LogP contribution in [0.2, 0.25) is 0 Å². The summed E-state index contributed by atoms with van der Waals surface area (Å²) in [6, 6.07) is 8.73. The molecule has 17 heavy (non-hydrogen) atoms. The van der Waals surface area contributed by atoms with E-state index in [1.54, 1.807) is 38.1 Å². The van der Waals surface area contributed by atoms with Gasteiger partial charge in [0.05, 0.1) is 12.8 Å². The Kier molecular flexibility index (Phi) is 4.26. The lowest BCUT2D eigenvalue weighted by Crippen LogP contribution is -2.23. The number of benzene rings is 1. The van der Waals surface area contributed by atoms with Gasteiger partial charge in [0.2, 0.25) is 0 Å². The van der Waals surface area contributed by atoms with Crippen molar-refractivity contribution in [3.05, 3.63) is 30.3 Å². The third kappa shape index (κ3) is 5.15. The molecule has 4 nitrogen and oxygen atoms in total. The van der Waals surface area contributed by atoms with E-state index in [1.165, 1.54) is 0 Å². The predicted octanol–water partition coefficient (Wildman–Crippen LogP) is 2.48. The number of hydrogen-bond acceptors (Lipinski definition) is 3. The van der Waals surface area contributed by atoms with E-state index in [-0.39, 0.29) is 12.8 Å². The molecule has 1 N–H and O–H groups in total. The summed E-state index contributed by atoms with van der Waals surface area (Å²) in [6.45, 7) is 3.46. The van der Waals surface area contributed by atoms with Crippen molar-refractivity contribution in [2.75, 3.05) is 0 Å². The second-order valence-corrected chi connectivity index (χ2v) is 4.70. The Hall–Kier alpha value is -1.84. The number of carbonyl (C=O) groups is 2. The van der Waals surface area contributed by atoms with Crippen molar-refractivity contribution < 1.29 is 19.4 Å². The van der Waals surface area contributed by atoms with Crippen molar-refractivity contribution in [3.8, 4) is 5.75 Å². The highest BCUT2D eigenvalue weighted by Gasteiger charge is 2.26. The highest BCUT2D eigenvalue weighted by atomic mass is 16.5. The minimum Gasteiger partial charge on any atom is -0.481 e. The average Bonchev–Trinajstić information content (AvgIpc) is 2.15. The molecule has 0 radical (unpaired) electrons. The van der Waals surface area contributed by atoms with Crippen LogP contribution >= 0.6 is 0 Å². The Morgan fingerprint density at radius 2 is 1.76 bits per heavy atom. The molecule has 0 heterocycles. The molecule has 0 aliphatic carbocycles. The average molecular weight is 236 g/mol. The fourth-order valence-electron chi connectivity index (χ4n) is 1.52. The maximum absolute atomic E-state index is 11.6. The normalized spacial score (nSPS) is 10.9. The molecule has 1 aromatic rings. The summed E-state index contributed by atoms with van der Waals surface area (Å²) in [6.07, 6.45) is 0.0189. The summed E-state index contributed by atoms with van der Waals surface area (Å²) < 4.78 is 5.10. The molecular formula is C13H16O4. The molecule has 1 aromatic carbocycles. The number of esters is 1. The van der Waals surface area contributed by atoms with Gasteiger partial charge in [0.25, 0.3) is 0 Å². The Morgan fingerprint density at radius 3 is 2.29 bits per heavy atom. The van der Waals surface area contributed by atoms with Gasteiger partial charge in [-0.25, -0.2) is 0 Å². The van der Waals surface area contributed by atoms with Gasteiger partial charge in [-0.2, -0.15) is 0 Å². The van der Waals surface area contributed by atoms with Crippen molar-refractivity contribution in [1.82, 2.24) is 0 Å². The Morgan fingerprint density at radius 1 is 1.18 bits per heavy atom. The molecule has 0 fully saturated rings. The predicted molar refractivity (Wildman–Crippen MR) is 62.7 cm³/mol. The van der Waals surface area contributed by atoms with E-state index in [2.05, 4.69) is 0 Å². The fourth-order valence-corrected chi connectivity index (χ4v) is 1.52. The number of hydrogen-bond donors (Lipinski definition) is 1. The van der Waals surface area contributed by atoms with Crippen LogP contribution in [0.1, 0.15) is 26.7 Å². The van der Waals surface area contributed by atoms with E-state index in [0.717, 1.165) is 0 Å². The highest BCUT2D eigenvalue weighted by molar-refractivity contribution is 5.75. The highest BCUT2D eigenvalue weighted by Crippen LogP contribution is 2.25. The molecule has 0 atom stereocenters. The first-order valence-corrected chi connectivity index (χ1v) is 5.37. The van der Waals surface area contributed by atoms with Gasteiger partial charge in [-0.1, -0.05) is 32.0 Å². The van der Waals surface area contributed by atoms with Crippen molar-refractivity contribution in [2.24, 2.45) is 5.41 Å². The van der Waals surface area contributed by atoms with Crippen LogP contribution in [-0.2, 0) is 9.59 Å². The molecule has 0 spiro atoms. The minimum atomic E-state index is -0.914. The molecule has 0 unspecified atom stereocenters. The molecule has 4 heteroatoms. The number of rotatable bonds is 5. The van der Waals surface area contributed by atoms with Crippen LogP contribution < -0.4 is 4.74 Å². The standard InChI is InChI=1S/C13H16O4/c1-13(2,8-11(14)15)9-12(16)17-10-6-4-3-5-7-10/h3-7H,8-9H2,1-2H3,(H,14,15). The first-order chi connectivity index (χ1) is 7.89. The fraction of sp³-hybridized carbons (Fsp3) is 0.385. The smallest absolute Gasteiger partial charge is 0.311 e. The summed E-state index contributed by atoms with van der Waals surface area (Å²) in [5, 5.41) is 8.70. The maximum Gasteiger partial charge on any atom is 0.311 e. The molecule has 0 amide bonds. The van der Waals surface area contributed by atoms with Crippen LogP contribution in [0.3, 0.4) is 0 Å². The maximum atomic E-state index is 11.6. The first kappa shape index (κ1) is 13.2. The lowest BCUT2D eigenvalue weighted by molar-refractivity contribution is -0.141. The van der Waals surface area contributed by atoms with Crippen LogP contribution in [0, 0.1) is 5.41 Å². The second kappa shape index (κ2) is 5.48. The van der Waals surface area contributed by atoms with E-state index < -0.39 is 17.4 Å². The molecule has 0 saturated heterocycles. The SMILES string of the molecule is CC(C)(CC(=O)O)CC(=O)Oc1ccccc1. The number of carbonyl (C=O) groups excluding carboxylic acids is 1. The number of para-hydroxylation sites is 1. The molecule has 92 valence electrons. The molecule has 0 bridgehead atoms. The zero-order valence-corrected chi connectivity index (χ0v) is 9.97. The van der Waals surface area contributed by atoms with Crippen LogP contribution in [0.4, 0.5) is 0 Å². The van der Waals surface area contributed by atoms with Gasteiger partial charge >= 0.3 is 11.9 Å². The monoisotopic (exact) mass is 236 g/mol. The summed E-state index contributed by atoms with van der Waals surface area (Å²) >= 11 is 0. The molecule has 1 rings (SSSR count). The lowest BCUT2D eigenvalue weighted by atomic mass is 9.86. The number of aliphatic carboxylic acids is 1. The lowest BCUT2D eigenvalue weighted by Gasteiger charge is -2.20. The molecule has 0 aromatic heterocycles. The van der Waals surface area contributed by atoms with E-state index in [4.69, 9.17) is 9.84 Å². The quantitative estimate of drug-likeness (QED) is 0.630. The van der Waals surface area contributed by atoms with Crippen LogP contribution in [0.15, 0.2) is 30.3 Å². The minimum absolute atomic E-state index is 0.0586. The summed E-state index contributed by atoms with van der Waals surface area (Å²) in [5.74, 6) is -0.853. The Balaban J connectivity index is 2.52. The van der Waals surface area contributed by atoms with Gasteiger partial charge in [0.15, 0.2) is 0 Å². The van der Waals surface area contributed by atoms with E-state index in [9.17, 15) is 9.59 Å². The van der Waals surface area contributed by atoms with Crippen LogP contribution in [-0.4, -0.2) is 17.0 Å². The van der Waals surface area contributed by atoms with Gasteiger partial charge < -0.3 is 9.84 Å². The zero-order chi connectivity index (χ0) is 12.9. The van der Waals surface area contributed by atoms with Crippen molar-refractivity contribution in [2.45, 2.75) is 26.7 Å². The number of carboxylic acids is 1. The number of ether oxygens (including phenoxy) is 1. The van der Waals surface area contributed by atoms with Gasteiger partial charge in [-0.3, -0.25) is 9.59 Å². The third-order valence-electron chi connectivity index (χ3n) is 2.23. The van der Waals surface area contributed by atoms with Crippen molar-refractivity contribution >= 4 is 11.9 Å². The van der Waals surface area contributed by atoms with Crippen LogP contribution in [0.5, 0.6) is 5.75 Å². The summed E-state index contributed by atoms with van der Waals surface area (Å²) in [7, 11) is 0. The topological polar surface area (TPSA) is 63.6 Å². The molecule has 0 aliphatic heterocycles. The van der Waals surface area contributed by atoms with E-state index in [0.29, 0.717) is 5.75 Å². The van der Waals surface area contributed by atoms with Crippen molar-refractivity contribution in [3.63, 3.8) is 0 Å². The zero-order valence-electron chi connectivity index (χ0n) is 9.97. The second-order valence-electron chi connectivity index (χ2n) is 4.70. The number of carboxylic acid groups (broad SMARTS) is 1. The molecule has 0 saturated carbocycles. The van der Waals surface area contributed by atoms with Crippen molar-refractivity contribution in [1.29, 1.82) is 0 Å². The first-order valence-electron chi connectivity index (χ1n) is 5.37. The van der Waals surface area contributed by atoms with Gasteiger partial charge in [0.1, 0.15) is 5.75 Å². The van der Waals surface area contributed by atoms with Gasteiger partial charge in [-0.15, -0.1) is 0 Å². The largest absolute Gasteiger partial charge is 0.481 e. The Labute approximate surface area is 100 Å². The molecular weight excluding hydrogens is 220 g/mol. The summed E-state index contributed by atoms with van der Waals surface area (Å²) in [4.78, 5) is 22.2. The summed E-state index contributed by atoms with van der Waals surface area (Å²) in [5.41, 5.74) is -0.600. The third-order valence-corrected chi connectivity index (χ3v) is 2.23. The van der Waals surface area contributed by atoms with E-state index >= 15 is 0 Å². The Bertz CT molecular complexity index is 395.